The maximum Gasteiger partial charge on any atom is 2.00 e. The zero-order valence-corrected chi connectivity index (χ0v) is 33.5. The van der Waals surface area contributed by atoms with Crippen molar-refractivity contribution in [2.45, 2.75) is 11.3 Å². The Labute approximate surface area is 373 Å². The molecular weight excluding hydrogens is 908 g/mol. The van der Waals surface area contributed by atoms with Crippen LogP contribution in [0.5, 0.6) is 0 Å². The molecule has 20 nitrogen and oxygen atoms in total. The summed E-state index contributed by atoms with van der Waals surface area (Å²) in [6, 6.07) is 49.0. The van der Waals surface area contributed by atoms with Crippen molar-refractivity contribution in [1.29, 1.82) is 0 Å². The van der Waals surface area contributed by atoms with Crippen molar-refractivity contribution >= 4 is 11.9 Å². The number of carboxylic acid groups (broad SMARTS) is 2. The molecule has 8 aromatic rings. The fraction of sp³-hybridized carbons (Fsp3) is 0.0500. The van der Waals surface area contributed by atoms with E-state index in [1.807, 2.05) is 141 Å². The van der Waals surface area contributed by atoms with E-state index >= 15 is 0 Å². The first kappa shape index (κ1) is 50.2. The summed E-state index contributed by atoms with van der Waals surface area (Å²) in [5.74, 6) is -4.37. The van der Waals surface area contributed by atoms with E-state index in [1.165, 1.54) is 0 Å². The summed E-state index contributed by atoms with van der Waals surface area (Å²) in [6.45, 7) is 0. The second kappa shape index (κ2) is 24.9. The van der Waals surface area contributed by atoms with Crippen LogP contribution in [0, 0.1) is 30.6 Å². The predicted octanol–water partition coefficient (Wildman–Crippen LogP) is 2.76. The summed E-state index contributed by atoms with van der Waals surface area (Å²) in [6.07, 6.45) is 15.1. The van der Waals surface area contributed by atoms with Crippen LogP contribution in [0.15, 0.2) is 195 Å². The Balaban J connectivity index is 0.000000320. The number of carbonyl (C=O) groups is 2. The van der Waals surface area contributed by atoms with Gasteiger partial charge in [0.1, 0.15) is 0 Å². The van der Waals surface area contributed by atoms with Crippen molar-refractivity contribution in [2.24, 2.45) is 0 Å². The first-order chi connectivity index (χ1) is 28.9. The molecule has 0 N–H and O–H groups in total. The van der Waals surface area contributed by atoms with Crippen molar-refractivity contribution in [3.05, 3.63) is 248 Å². The number of nitrogens with zero attached hydrogens (tertiary/aromatic N) is 10. The second-order valence-electron chi connectivity index (χ2n) is 11.6. The summed E-state index contributed by atoms with van der Waals surface area (Å²) < 4.78 is 7.80. The molecule has 4 aromatic carbocycles. The van der Waals surface area contributed by atoms with Gasteiger partial charge in [0.25, 0.3) is 0 Å². The molecule has 0 unspecified atom stereocenters. The van der Waals surface area contributed by atoms with Crippen LogP contribution in [0.1, 0.15) is 22.3 Å². The summed E-state index contributed by atoms with van der Waals surface area (Å²) in [5.41, 5.74) is 3.07. The molecule has 0 aliphatic heterocycles. The van der Waals surface area contributed by atoms with Gasteiger partial charge in [-0.05, 0) is 24.3 Å². The van der Waals surface area contributed by atoms with Crippen LogP contribution >= 0.6 is 0 Å². The van der Waals surface area contributed by atoms with Crippen LogP contribution < -0.4 is 10.2 Å². The zero-order chi connectivity index (χ0) is 43.4. The molecule has 62 heavy (non-hydrogen) atoms. The largest absolute Gasteiger partial charge is 2.00 e. The summed E-state index contributed by atoms with van der Waals surface area (Å²) >= 11 is 0. The van der Waals surface area contributed by atoms with Crippen molar-refractivity contribution in [1.82, 2.24) is 39.1 Å². The Morgan fingerprint density at radius 1 is 0.387 bits per heavy atom. The van der Waals surface area contributed by atoms with Crippen LogP contribution in [0.4, 0.5) is 0 Å². The number of carbonyl (C=O) groups excluding carboxylic acids is 2. The van der Waals surface area contributed by atoms with Crippen molar-refractivity contribution < 1.29 is 64.1 Å². The van der Waals surface area contributed by atoms with Gasteiger partial charge in [0.2, 0.25) is 11.3 Å². The van der Waals surface area contributed by atoms with Crippen molar-refractivity contribution in [3.63, 3.8) is 0 Å². The fourth-order valence-electron chi connectivity index (χ4n) is 6.12. The Bertz CT molecular complexity index is 2130. The number of rotatable bonds is 8. The fourth-order valence-corrected chi connectivity index (χ4v) is 6.12. The molecule has 0 aliphatic rings. The van der Waals surface area contributed by atoms with Gasteiger partial charge in [-0.25, -0.2) is 18.7 Å². The molecule has 0 saturated heterocycles. The Kier molecular flexibility index (Phi) is 20.2. The van der Waals surface area contributed by atoms with Gasteiger partial charge in [-0.2, -0.15) is 20.4 Å². The van der Waals surface area contributed by atoms with Gasteiger partial charge in [0.15, 0.2) is 0 Å². The minimum atomic E-state index is -2.19. The van der Waals surface area contributed by atoms with Crippen molar-refractivity contribution in [2.75, 3.05) is 0 Å². The molecule has 0 fully saturated rings. The van der Waals surface area contributed by atoms with Gasteiger partial charge in [-0.15, -0.1) is 0 Å². The van der Waals surface area contributed by atoms with Crippen molar-refractivity contribution in [3.8, 4) is 0 Å². The molecule has 22 heteroatoms. The summed E-state index contributed by atoms with van der Waals surface area (Å²) in [5, 5.41) is 65.6. The van der Waals surface area contributed by atoms with Crippen LogP contribution in [0.2, 0.25) is 0 Å². The molecule has 0 bridgehead atoms. The zero-order valence-electron chi connectivity index (χ0n) is 31.6. The third-order valence-corrected chi connectivity index (χ3v) is 8.22. The average molecular weight is 940 g/mol. The molecule has 4 heterocycles. The van der Waals surface area contributed by atoms with E-state index in [0.29, 0.717) is 0 Å². The Morgan fingerprint density at radius 3 is 0.694 bits per heavy atom. The summed E-state index contributed by atoms with van der Waals surface area (Å²) in [4.78, 5) is 34.4. The van der Waals surface area contributed by atoms with E-state index in [9.17, 15) is 0 Å². The Morgan fingerprint density at radius 2 is 0.565 bits per heavy atom. The number of hydrogen-bond donors (Lipinski definition) is 0. The first-order valence-corrected chi connectivity index (χ1v) is 17.2. The van der Waals surface area contributed by atoms with Gasteiger partial charge in [0.05, 0.1) is 22.1 Å². The topological polar surface area (TPSA) is 284 Å². The van der Waals surface area contributed by atoms with E-state index in [1.54, 1.807) is 24.8 Å². The number of aliphatic carboxylic acids is 2. The third-order valence-electron chi connectivity index (χ3n) is 8.22. The molecule has 2 radical (unpaired) electrons. The SMILES string of the molecule is O=C([O-])C(=O)[O-].O=[N+]([O-])[O-].O=[N+]([O-])[O-].[Cu+2].[Cu+2].c1ccc(C(c2ccccc2)(n2cccn2)n2cccn2)cc1.c1ccc(C(c2ccccc2)(n2cccn2)n2cccn2)cc1. The number of benzene rings is 4. The second-order valence-corrected chi connectivity index (χ2v) is 11.6. The molecular formula is C40H32Cu2N10O10. The van der Waals surface area contributed by atoms with E-state index < -0.39 is 33.4 Å². The van der Waals surface area contributed by atoms with Gasteiger partial charge < -0.3 is 50.4 Å². The quantitative estimate of drug-likeness (QED) is 0.0917. The summed E-state index contributed by atoms with van der Waals surface area (Å²) in [7, 11) is 0. The van der Waals surface area contributed by atoms with Crippen LogP contribution in [-0.4, -0.2) is 61.2 Å². The van der Waals surface area contributed by atoms with Crippen LogP contribution in [-0.2, 0) is 55.1 Å². The van der Waals surface area contributed by atoms with E-state index in [-0.39, 0.29) is 34.1 Å². The van der Waals surface area contributed by atoms with E-state index in [2.05, 4.69) is 68.9 Å². The molecule has 0 spiro atoms. The third kappa shape index (κ3) is 12.6. The van der Waals surface area contributed by atoms with Crippen LogP contribution in [0.3, 0.4) is 0 Å². The molecule has 324 valence electrons. The minimum absolute atomic E-state index is 0. The van der Waals surface area contributed by atoms with Crippen LogP contribution in [0.25, 0.3) is 0 Å². The van der Waals surface area contributed by atoms with Gasteiger partial charge >= 0.3 is 34.1 Å². The maximum atomic E-state index is 8.93. The number of hydrogen-bond acceptors (Lipinski definition) is 14. The molecule has 0 aliphatic carbocycles. The van der Waals surface area contributed by atoms with Gasteiger partial charge in [-0.1, -0.05) is 121 Å². The number of carboxylic acids is 2. The molecule has 4 aromatic heterocycles. The maximum absolute atomic E-state index is 8.93. The van der Waals surface area contributed by atoms with Gasteiger partial charge in [0, 0.05) is 71.8 Å². The number of aromatic nitrogens is 8. The standard InChI is InChI=1S/2C19H16N4.C2H2O4.2Cu.2NO3/c2*1-3-9-17(10-4-1)19(22-15-7-13-20-22,23-16-8-14-21-23)18-11-5-2-6-12-18;3-1(4)2(5)6;;;2*2-1(3)4/h2*1-16H;(H,3,4)(H,5,6);;;;/q;;;2*+2;2*-1/p-2. The predicted molar refractivity (Wildman–Crippen MR) is 209 cm³/mol. The smallest absolute Gasteiger partial charge is 0.543 e. The molecule has 0 atom stereocenters. The monoisotopic (exact) mass is 938 g/mol. The van der Waals surface area contributed by atoms with E-state index in [4.69, 9.17) is 50.4 Å². The Hall–Kier alpha value is -7.90. The minimum Gasteiger partial charge on any atom is -0.543 e. The van der Waals surface area contributed by atoms with E-state index in [0.717, 1.165) is 22.3 Å². The van der Waals surface area contributed by atoms with Gasteiger partial charge in [-0.3, -0.25) is 0 Å². The first-order valence-electron chi connectivity index (χ1n) is 17.2. The molecule has 0 amide bonds. The average Bonchev–Trinajstić information content (AvgIpc) is 4.11. The molecule has 8 rings (SSSR count). The molecule has 0 saturated carbocycles. The normalized spacial score (nSPS) is 10.0.